The molecule has 1 saturated carbocycles. The van der Waals surface area contributed by atoms with Gasteiger partial charge in [0.05, 0.1) is 13.2 Å². The lowest BCUT2D eigenvalue weighted by molar-refractivity contribution is 0.296. The Kier molecular flexibility index (Phi) is 7.56. The van der Waals surface area contributed by atoms with E-state index >= 15 is 0 Å². The molecule has 1 fully saturated rings. The van der Waals surface area contributed by atoms with Crippen LogP contribution in [0.3, 0.4) is 0 Å². The second-order valence-electron chi connectivity index (χ2n) is 5.24. The minimum atomic E-state index is 0. The zero-order chi connectivity index (χ0) is 14.4. The van der Waals surface area contributed by atoms with Crippen LogP contribution in [0.25, 0.3) is 0 Å². The Hall–Kier alpha value is -1.24. The summed E-state index contributed by atoms with van der Waals surface area (Å²) in [4.78, 5) is 4.32. The molecule has 1 aliphatic rings. The number of aliphatic imine (C=N–C) groups is 1. The fourth-order valence-corrected chi connectivity index (χ4v) is 1.82. The average Bonchev–Trinajstić information content (AvgIpc) is 3.26. The predicted octanol–water partition coefficient (Wildman–Crippen LogP) is 2.99. The molecule has 0 amide bonds. The molecule has 0 radical (unpaired) electrons. The van der Waals surface area contributed by atoms with E-state index in [-0.39, 0.29) is 24.0 Å². The minimum absolute atomic E-state index is 0. The molecule has 5 heteroatoms. The molecule has 1 aliphatic carbocycles. The molecule has 0 unspecified atom stereocenters. The third-order valence-corrected chi connectivity index (χ3v) is 3.24. The number of aryl methyl sites for hydroxylation is 1. The largest absolute Gasteiger partial charge is 0.493 e. The first-order valence-corrected chi connectivity index (χ1v) is 7.06. The number of halogens is 1. The van der Waals surface area contributed by atoms with Gasteiger partial charge in [0.1, 0.15) is 5.75 Å². The van der Waals surface area contributed by atoms with Crippen LogP contribution in [-0.2, 0) is 6.54 Å². The quantitative estimate of drug-likeness (QED) is 0.320. The molecule has 116 valence electrons. The summed E-state index contributed by atoms with van der Waals surface area (Å²) in [6.45, 7) is 7.65. The van der Waals surface area contributed by atoms with E-state index in [1.807, 2.05) is 0 Å². The zero-order valence-corrected chi connectivity index (χ0v) is 14.8. The number of nitrogens with zero attached hydrogens (tertiary/aromatic N) is 1. The first-order valence-electron chi connectivity index (χ1n) is 7.06. The summed E-state index contributed by atoms with van der Waals surface area (Å²) in [6.07, 6.45) is 4.33. The van der Waals surface area contributed by atoms with E-state index in [9.17, 15) is 0 Å². The molecule has 0 heterocycles. The van der Waals surface area contributed by atoms with Crippen molar-refractivity contribution < 1.29 is 4.74 Å². The molecule has 4 nitrogen and oxygen atoms in total. The number of rotatable bonds is 7. The van der Waals surface area contributed by atoms with Gasteiger partial charge in [-0.15, -0.1) is 30.6 Å². The Balaban J connectivity index is 0.00000220. The van der Waals surface area contributed by atoms with Crippen molar-refractivity contribution in [2.75, 3.05) is 13.2 Å². The highest BCUT2D eigenvalue weighted by atomic mass is 127. The van der Waals surface area contributed by atoms with E-state index in [0.717, 1.165) is 23.8 Å². The molecule has 0 aromatic heterocycles. The summed E-state index contributed by atoms with van der Waals surface area (Å²) in [5, 5.41) is 2.96. The number of nitrogens with two attached hydrogens (primary N) is 1. The lowest BCUT2D eigenvalue weighted by atomic mass is 10.1. The first kappa shape index (κ1) is 17.8. The Morgan fingerprint density at radius 1 is 1.52 bits per heavy atom. The standard InChI is InChI=1S/C16H23N3O.HI/c1-3-8-18-16(17)19-10-14-7-4-12(2)9-15(14)20-11-13-5-6-13;/h3-4,7,9,13H,1,5-6,8,10-11H2,2H3,(H3,17,18,19);1H. The van der Waals surface area contributed by atoms with Gasteiger partial charge in [-0.2, -0.15) is 0 Å². The summed E-state index contributed by atoms with van der Waals surface area (Å²) >= 11 is 0. The molecule has 0 spiro atoms. The number of nitrogens with one attached hydrogen (secondary N) is 1. The van der Waals surface area contributed by atoms with Crippen molar-refractivity contribution in [1.82, 2.24) is 5.32 Å². The van der Waals surface area contributed by atoms with Crippen LogP contribution in [0.15, 0.2) is 35.8 Å². The van der Waals surface area contributed by atoms with Crippen LogP contribution in [0.1, 0.15) is 24.0 Å². The number of hydrogen-bond donors (Lipinski definition) is 2. The molecule has 0 bridgehead atoms. The predicted molar refractivity (Wildman–Crippen MR) is 98.3 cm³/mol. The fourth-order valence-electron chi connectivity index (χ4n) is 1.82. The summed E-state index contributed by atoms with van der Waals surface area (Å²) < 4.78 is 5.91. The van der Waals surface area contributed by atoms with Crippen LogP contribution >= 0.6 is 24.0 Å². The second kappa shape index (κ2) is 8.92. The molecule has 3 N–H and O–H groups in total. The van der Waals surface area contributed by atoms with E-state index in [0.29, 0.717) is 19.0 Å². The maximum Gasteiger partial charge on any atom is 0.189 e. The number of ether oxygens (including phenoxy) is 1. The van der Waals surface area contributed by atoms with Gasteiger partial charge in [-0.05, 0) is 37.3 Å². The van der Waals surface area contributed by atoms with Gasteiger partial charge in [0.15, 0.2) is 5.96 Å². The van der Waals surface area contributed by atoms with Crippen molar-refractivity contribution in [3.63, 3.8) is 0 Å². The highest BCUT2D eigenvalue weighted by molar-refractivity contribution is 14.0. The van der Waals surface area contributed by atoms with Gasteiger partial charge in [-0.1, -0.05) is 18.2 Å². The topological polar surface area (TPSA) is 59.6 Å². The van der Waals surface area contributed by atoms with E-state index in [1.165, 1.54) is 18.4 Å². The van der Waals surface area contributed by atoms with Gasteiger partial charge in [0, 0.05) is 12.1 Å². The summed E-state index contributed by atoms with van der Waals surface area (Å²) in [5.74, 6) is 2.10. The smallest absolute Gasteiger partial charge is 0.189 e. The molecule has 2 rings (SSSR count). The Labute approximate surface area is 143 Å². The van der Waals surface area contributed by atoms with E-state index in [2.05, 4.69) is 42.0 Å². The maximum atomic E-state index is 5.91. The van der Waals surface area contributed by atoms with Gasteiger partial charge < -0.3 is 15.8 Å². The normalized spacial score (nSPS) is 14.2. The van der Waals surface area contributed by atoms with Crippen LogP contribution in [0.2, 0.25) is 0 Å². The molecular weight excluding hydrogens is 377 g/mol. The Bertz CT molecular complexity index is 498. The van der Waals surface area contributed by atoms with E-state index in [1.54, 1.807) is 6.08 Å². The van der Waals surface area contributed by atoms with Gasteiger partial charge in [0.2, 0.25) is 0 Å². The molecule has 0 saturated heterocycles. The van der Waals surface area contributed by atoms with Gasteiger partial charge in [-0.25, -0.2) is 4.99 Å². The number of benzene rings is 1. The van der Waals surface area contributed by atoms with E-state index in [4.69, 9.17) is 10.5 Å². The molecule has 21 heavy (non-hydrogen) atoms. The Morgan fingerprint density at radius 2 is 2.29 bits per heavy atom. The third kappa shape index (κ3) is 6.37. The van der Waals surface area contributed by atoms with Gasteiger partial charge >= 0.3 is 0 Å². The van der Waals surface area contributed by atoms with E-state index < -0.39 is 0 Å². The van der Waals surface area contributed by atoms with Crippen molar-refractivity contribution in [3.05, 3.63) is 42.0 Å². The minimum Gasteiger partial charge on any atom is -0.493 e. The number of hydrogen-bond acceptors (Lipinski definition) is 2. The summed E-state index contributed by atoms with van der Waals surface area (Å²) in [5.41, 5.74) is 8.03. The van der Waals surface area contributed by atoms with Crippen LogP contribution in [-0.4, -0.2) is 19.1 Å². The second-order valence-corrected chi connectivity index (χ2v) is 5.24. The SMILES string of the molecule is C=CCNC(N)=NCc1ccc(C)cc1OCC1CC1.I. The van der Waals surface area contributed by atoms with Crippen molar-refractivity contribution >= 4 is 29.9 Å². The van der Waals surface area contributed by atoms with Crippen LogP contribution in [0.5, 0.6) is 5.75 Å². The van der Waals surface area contributed by atoms with Crippen molar-refractivity contribution in [1.29, 1.82) is 0 Å². The average molecular weight is 401 g/mol. The van der Waals surface area contributed by atoms with Crippen molar-refractivity contribution in [2.45, 2.75) is 26.3 Å². The summed E-state index contributed by atoms with van der Waals surface area (Å²) in [6, 6.07) is 6.20. The highest BCUT2D eigenvalue weighted by Gasteiger charge is 2.22. The van der Waals surface area contributed by atoms with Gasteiger partial charge in [0.25, 0.3) is 0 Å². The molecular formula is C16H24IN3O. The zero-order valence-electron chi connectivity index (χ0n) is 12.5. The van der Waals surface area contributed by atoms with Crippen LogP contribution in [0.4, 0.5) is 0 Å². The summed E-state index contributed by atoms with van der Waals surface area (Å²) in [7, 11) is 0. The number of guanidine groups is 1. The van der Waals surface area contributed by atoms with Gasteiger partial charge in [-0.3, -0.25) is 0 Å². The monoisotopic (exact) mass is 401 g/mol. The van der Waals surface area contributed by atoms with Crippen molar-refractivity contribution in [3.8, 4) is 5.75 Å². The maximum absolute atomic E-state index is 5.91. The molecule has 0 atom stereocenters. The molecule has 0 aliphatic heterocycles. The lowest BCUT2D eigenvalue weighted by Crippen LogP contribution is -2.31. The molecule has 1 aromatic carbocycles. The lowest BCUT2D eigenvalue weighted by Gasteiger charge is -2.11. The molecule has 1 aromatic rings. The van der Waals surface area contributed by atoms with Crippen LogP contribution in [0, 0.1) is 12.8 Å². The van der Waals surface area contributed by atoms with Crippen molar-refractivity contribution in [2.24, 2.45) is 16.6 Å². The highest BCUT2D eigenvalue weighted by Crippen LogP contribution is 2.30. The fraction of sp³-hybridized carbons (Fsp3) is 0.438. The first-order chi connectivity index (χ1) is 9.69. The third-order valence-electron chi connectivity index (χ3n) is 3.24. The Morgan fingerprint density at radius 3 is 2.95 bits per heavy atom. The van der Waals surface area contributed by atoms with Crippen LogP contribution < -0.4 is 15.8 Å².